The van der Waals surface area contributed by atoms with Crippen molar-refractivity contribution in [1.82, 2.24) is 4.98 Å². The summed E-state index contributed by atoms with van der Waals surface area (Å²) in [6.07, 6.45) is 0.525. The van der Waals surface area contributed by atoms with E-state index in [2.05, 4.69) is 10.3 Å². The highest BCUT2D eigenvalue weighted by molar-refractivity contribution is 6.32. The van der Waals surface area contributed by atoms with Crippen molar-refractivity contribution in [1.29, 1.82) is 0 Å². The monoisotopic (exact) mass is 496 g/mol. The van der Waals surface area contributed by atoms with Crippen molar-refractivity contribution in [2.75, 3.05) is 25.1 Å². The predicted octanol–water partition coefficient (Wildman–Crippen LogP) is 5.61. The summed E-state index contributed by atoms with van der Waals surface area (Å²) in [7, 11) is 0. The van der Waals surface area contributed by atoms with E-state index < -0.39 is 5.92 Å². The molecular weight excluding hydrogens is 472 g/mol. The molecule has 35 heavy (non-hydrogen) atoms. The van der Waals surface area contributed by atoms with Crippen LogP contribution in [0.25, 0.3) is 0 Å². The van der Waals surface area contributed by atoms with Crippen LogP contribution in [0.3, 0.4) is 0 Å². The van der Waals surface area contributed by atoms with Crippen LogP contribution in [-0.4, -0.2) is 36.7 Å². The highest BCUT2D eigenvalue weighted by Gasteiger charge is 2.30. The van der Waals surface area contributed by atoms with E-state index in [1.807, 2.05) is 6.92 Å². The molecule has 182 valence electrons. The second-order valence-electron chi connectivity index (χ2n) is 7.64. The molecule has 0 radical (unpaired) electrons. The number of nitrogens with zero attached hydrogens (tertiary/aromatic N) is 1. The maximum atomic E-state index is 12.6. The van der Waals surface area contributed by atoms with Gasteiger partial charge in [0, 0.05) is 23.3 Å². The number of esters is 1. The van der Waals surface area contributed by atoms with Crippen LogP contribution in [0.5, 0.6) is 23.1 Å². The Morgan fingerprint density at radius 3 is 2.66 bits per heavy atom. The number of anilines is 1. The molecule has 0 aliphatic carbocycles. The number of hydrogen-bond acceptors (Lipinski definition) is 7. The fourth-order valence-electron chi connectivity index (χ4n) is 3.66. The Kier molecular flexibility index (Phi) is 7.72. The van der Waals surface area contributed by atoms with Crippen LogP contribution in [0.2, 0.25) is 5.02 Å². The zero-order valence-corrected chi connectivity index (χ0v) is 20.1. The van der Waals surface area contributed by atoms with Gasteiger partial charge in [-0.3, -0.25) is 9.59 Å². The number of halogens is 1. The summed E-state index contributed by atoms with van der Waals surface area (Å²) < 4.78 is 22.2. The standard InChI is InChI=1S/C26H25ClN2O6/c1-3-32-24-7-5-6-23(28-24)29-25(30)16-8-10-17(11-9-16)35-22-15-21-19(14-20(22)27)18(12-13-34-21)26(31)33-4-2/h5-11,14-15,18H,3-4,12-13H2,1-2H3,(H,28,29,30). The average molecular weight is 497 g/mol. The van der Waals surface area contributed by atoms with E-state index in [0.717, 1.165) is 0 Å². The summed E-state index contributed by atoms with van der Waals surface area (Å²) in [6.45, 7) is 4.82. The van der Waals surface area contributed by atoms with Crippen LogP contribution in [0.15, 0.2) is 54.6 Å². The molecular formula is C26H25ClN2O6. The zero-order chi connectivity index (χ0) is 24.8. The summed E-state index contributed by atoms with van der Waals surface area (Å²) in [6, 6.07) is 15.1. The Balaban J connectivity index is 1.45. The Morgan fingerprint density at radius 1 is 1.11 bits per heavy atom. The van der Waals surface area contributed by atoms with Gasteiger partial charge in [0.2, 0.25) is 5.88 Å². The molecule has 2 aromatic carbocycles. The lowest BCUT2D eigenvalue weighted by molar-refractivity contribution is -0.145. The molecule has 0 saturated heterocycles. The zero-order valence-electron chi connectivity index (χ0n) is 19.4. The van der Waals surface area contributed by atoms with Gasteiger partial charge in [-0.25, -0.2) is 0 Å². The van der Waals surface area contributed by atoms with Crippen molar-refractivity contribution < 1.29 is 28.5 Å². The number of benzene rings is 2. The van der Waals surface area contributed by atoms with Crippen molar-refractivity contribution in [2.45, 2.75) is 26.2 Å². The first-order chi connectivity index (χ1) is 17.0. The molecule has 0 fully saturated rings. The molecule has 1 aromatic heterocycles. The van der Waals surface area contributed by atoms with E-state index in [0.29, 0.717) is 71.3 Å². The molecule has 2 heterocycles. The molecule has 0 spiro atoms. The highest BCUT2D eigenvalue weighted by Crippen LogP contribution is 2.42. The molecule has 0 bridgehead atoms. The van der Waals surface area contributed by atoms with Gasteiger partial charge in [0.1, 0.15) is 23.1 Å². The molecule has 1 aliphatic heterocycles. The van der Waals surface area contributed by atoms with Gasteiger partial charge >= 0.3 is 5.97 Å². The lowest BCUT2D eigenvalue weighted by Gasteiger charge is -2.25. The van der Waals surface area contributed by atoms with Crippen molar-refractivity contribution in [3.63, 3.8) is 0 Å². The van der Waals surface area contributed by atoms with E-state index in [1.165, 1.54) is 0 Å². The Labute approximate surface area is 208 Å². The third-order valence-corrected chi connectivity index (χ3v) is 5.57. The Hall–Kier alpha value is -3.78. The van der Waals surface area contributed by atoms with Crippen LogP contribution in [-0.2, 0) is 9.53 Å². The van der Waals surface area contributed by atoms with Crippen molar-refractivity contribution in [3.05, 3.63) is 70.7 Å². The molecule has 8 nitrogen and oxygen atoms in total. The fraction of sp³-hybridized carbons (Fsp3) is 0.269. The minimum atomic E-state index is -0.424. The number of ether oxygens (including phenoxy) is 4. The van der Waals surface area contributed by atoms with Gasteiger partial charge in [0.05, 0.1) is 30.8 Å². The van der Waals surface area contributed by atoms with Crippen LogP contribution >= 0.6 is 11.6 Å². The number of carbonyl (C=O) groups is 2. The topological polar surface area (TPSA) is 96.0 Å². The normalized spacial score (nSPS) is 14.3. The number of amides is 1. The van der Waals surface area contributed by atoms with Gasteiger partial charge in [-0.05, 0) is 56.7 Å². The molecule has 1 unspecified atom stereocenters. The molecule has 4 rings (SSSR count). The van der Waals surface area contributed by atoms with Gasteiger partial charge in [-0.1, -0.05) is 17.7 Å². The number of nitrogens with one attached hydrogen (secondary N) is 1. The van der Waals surface area contributed by atoms with Gasteiger partial charge in [0.15, 0.2) is 0 Å². The molecule has 3 aromatic rings. The van der Waals surface area contributed by atoms with Crippen LogP contribution < -0.4 is 19.5 Å². The number of pyridine rings is 1. The molecule has 1 N–H and O–H groups in total. The minimum absolute atomic E-state index is 0.296. The third kappa shape index (κ3) is 5.84. The summed E-state index contributed by atoms with van der Waals surface area (Å²) >= 11 is 6.45. The van der Waals surface area contributed by atoms with Gasteiger partial charge < -0.3 is 24.3 Å². The maximum Gasteiger partial charge on any atom is 0.313 e. The van der Waals surface area contributed by atoms with Gasteiger partial charge in [0.25, 0.3) is 5.91 Å². The van der Waals surface area contributed by atoms with Crippen molar-refractivity contribution in [3.8, 4) is 23.1 Å². The van der Waals surface area contributed by atoms with Crippen molar-refractivity contribution in [2.24, 2.45) is 0 Å². The lowest BCUT2D eigenvalue weighted by Crippen LogP contribution is -2.23. The van der Waals surface area contributed by atoms with Gasteiger partial charge in [-0.15, -0.1) is 0 Å². The van der Waals surface area contributed by atoms with Crippen LogP contribution in [0.1, 0.15) is 42.1 Å². The predicted molar refractivity (Wildman–Crippen MR) is 131 cm³/mol. The van der Waals surface area contributed by atoms with Gasteiger partial charge in [-0.2, -0.15) is 4.98 Å². The van der Waals surface area contributed by atoms with E-state index in [9.17, 15) is 9.59 Å². The first kappa shape index (κ1) is 24.3. The smallest absolute Gasteiger partial charge is 0.313 e. The minimum Gasteiger partial charge on any atom is -0.493 e. The maximum absolute atomic E-state index is 12.6. The Morgan fingerprint density at radius 2 is 1.91 bits per heavy atom. The average Bonchev–Trinajstić information content (AvgIpc) is 2.85. The van der Waals surface area contributed by atoms with Crippen molar-refractivity contribution >= 4 is 29.3 Å². The first-order valence-corrected chi connectivity index (χ1v) is 11.7. The molecule has 9 heteroatoms. The SMILES string of the molecule is CCOC(=O)C1CCOc2cc(Oc3ccc(C(=O)Nc4cccc(OCC)n4)cc3)c(Cl)cc21. The number of aromatic nitrogens is 1. The Bertz CT molecular complexity index is 1210. The fourth-order valence-corrected chi connectivity index (χ4v) is 3.87. The van der Waals surface area contributed by atoms with E-state index in [4.69, 9.17) is 30.5 Å². The van der Waals surface area contributed by atoms with Crippen LogP contribution in [0.4, 0.5) is 5.82 Å². The third-order valence-electron chi connectivity index (χ3n) is 5.28. The van der Waals surface area contributed by atoms with E-state index in [1.54, 1.807) is 61.5 Å². The summed E-state index contributed by atoms with van der Waals surface area (Å²) in [5.41, 5.74) is 1.11. The second kappa shape index (κ2) is 11.1. The van der Waals surface area contributed by atoms with E-state index in [-0.39, 0.29) is 11.9 Å². The number of carbonyl (C=O) groups excluding carboxylic acids is 2. The molecule has 1 aliphatic rings. The molecule has 1 atom stereocenters. The largest absolute Gasteiger partial charge is 0.493 e. The summed E-state index contributed by atoms with van der Waals surface area (Å²) in [5, 5.41) is 3.08. The quantitative estimate of drug-likeness (QED) is 0.405. The second-order valence-corrected chi connectivity index (χ2v) is 8.04. The highest BCUT2D eigenvalue weighted by atomic mass is 35.5. The molecule has 1 amide bonds. The summed E-state index contributed by atoms with van der Waals surface area (Å²) in [5.74, 6) is 1.19. The lowest BCUT2D eigenvalue weighted by atomic mass is 9.93. The number of hydrogen-bond donors (Lipinski definition) is 1. The van der Waals surface area contributed by atoms with Crippen LogP contribution in [0, 0.1) is 0 Å². The molecule has 0 saturated carbocycles. The number of rotatable bonds is 8. The first-order valence-electron chi connectivity index (χ1n) is 11.3. The van der Waals surface area contributed by atoms with E-state index >= 15 is 0 Å². The summed E-state index contributed by atoms with van der Waals surface area (Å²) in [4.78, 5) is 29.1. The number of fused-ring (bicyclic) bond motifs is 1.